The van der Waals surface area contributed by atoms with Gasteiger partial charge in [0.05, 0.1) is 13.5 Å². The Bertz CT molecular complexity index is 555. The minimum atomic E-state index is -1.77. The average Bonchev–Trinajstić information content (AvgIpc) is 2.49. The Hall–Kier alpha value is -1.81. The largest absolute Gasteiger partial charge is 0.479 e. The van der Waals surface area contributed by atoms with E-state index < -0.39 is 36.7 Å². The van der Waals surface area contributed by atoms with Crippen molar-refractivity contribution in [3.8, 4) is 5.75 Å². The van der Waals surface area contributed by atoms with Crippen molar-refractivity contribution in [3.63, 3.8) is 0 Å². The maximum Gasteiger partial charge on any atom is 0.335 e. The first kappa shape index (κ1) is 16.6. The second kappa shape index (κ2) is 6.53. The number of ether oxygens (including phenoxy) is 2. The summed E-state index contributed by atoms with van der Waals surface area (Å²) in [5, 5.41) is 38.1. The average molecular weight is 310 g/mol. The van der Waals surface area contributed by atoms with Crippen LogP contribution < -0.4 is 10.5 Å². The topological polar surface area (TPSA) is 142 Å². The molecular weight excluding hydrogens is 293 g/mol. The number of aliphatic hydroxyl groups is 3. The van der Waals surface area contributed by atoms with Crippen LogP contribution in [0.25, 0.3) is 0 Å². The summed E-state index contributed by atoms with van der Waals surface area (Å²) in [5.41, 5.74) is 6.92. The number of nitrogens with two attached hydrogens (primary N) is 1. The minimum Gasteiger partial charge on any atom is -0.479 e. The molecule has 1 aliphatic rings. The number of aliphatic hydroxyl groups excluding tert-OH is 3. The van der Waals surface area contributed by atoms with E-state index in [-0.39, 0.29) is 11.4 Å². The molecule has 0 bridgehead atoms. The molecule has 1 fully saturated rings. The first-order valence-corrected chi connectivity index (χ1v) is 6.62. The number of carboxylic acids is 1. The van der Waals surface area contributed by atoms with Crippen LogP contribution in [0.4, 0.5) is 5.69 Å². The van der Waals surface area contributed by atoms with Crippen molar-refractivity contribution in [2.24, 2.45) is 0 Å². The summed E-state index contributed by atoms with van der Waals surface area (Å²) in [5.74, 6) is -1.32. The van der Waals surface area contributed by atoms with Gasteiger partial charge in [-0.15, -0.1) is 0 Å². The van der Waals surface area contributed by atoms with Crippen LogP contribution in [-0.2, 0) is 15.9 Å². The van der Waals surface area contributed by atoms with Gasteiger partial charge in [-0.2, -0.15) is 0 Å². The van der Waals surface area contributed by atoms with E-state index in [0.717, 1.165) is 5.56 Å². The van der Waals surface area contributed by atoms with Crippen molar-refractivity contribution >= 4 is 19.5 Å². The lowest BCUT2D eigenvalue weighted by Gasteiger charge is -2.38. The number of hydrogen-bond donors (Lipinski definition) is 5. The van der Waals surface area contributed by atoms with Crippen LogP contribution in [0.1, 0.15) is 5.56 Å². The molecule has 1 radical (unpaired) electrons. The highest BCUT2D eigenvalue weighted by Gasteiger charge is 2.48. The van der Waals surface area contributed by atoms with Crippen molar-refractivity contribution in [2.45, 2.75) is 37.0 Å². The van der Waals surface area contributed by atoms with Gasteiger partial charge >= 0.3 is 5.97 Å². The third kappa shape index (κ3) is 3.17. The number of carbonyl (C=O) groups is 1. The molecule has 2 rings (SSSR count). The van der Waals surface area contributed by atoms with Crippen LogP contribution in [0, 0.1) is 0 Å². The molecule has 1 aromatic rings. The van der Waals surface area contributed by atoms with Gasteiger partial charge in [0.15, 0.2) is 6.10 Å². The van der Waals surface area contributed by atoms with Crippen molar-refractivity contribution in [3.05, 3.63) is 23.8 Å². The summed E-state index contributed by atoms with van der Waals surface area (Å²) in [4.78, 5) is 11.0. The molecule has 9 heteroatoms. The molecule has 0 aromatic heterocycles. The van der Waals surface area contributed by atoms with Crippen LogP contribution in [0.15, 0.2) is 18.2 Å². The van der Waals surface area contributed by atoms with Crippen molar-refractivity contribution in [1.82, 2.24) is 0 Å². The molecule has 22 heavy (non-hydrogen) atoms. The third-order valence-corrected chi connectivity index (χ3v) is 3.42. The Kier molecular flexibility index (Phi) is 4.92. The lowest BCUT2D eigenvalue weighted by Crippen LogP contribution is -2.61. The molecule has 0 saturated carbocycles. The van der Waals surface area contributed by atoms with E-state index in [2.05, 4.69) is 7.85 Å². The van der Waals surface area contributed by atoms with Crippen LogP contribution in [0.2, 0.25) is 0 Å². The van der Waals surface area contributed by atoms with E-state index in [0.29, 0.717) is 6.32 Å². The van der Waals surface area contributed by atoms with E-state index in [9.17, 15) is 20.1 Å². The van der Waals surface area contributed by atoms with Gasteiger partial charge in [-0.1, -0.05) is 17.9 Å². The molecule has 6 N–H and O–H groups in total. The highest BCUT2D eigenvalue weighted by atomic mass is 16.7. The fourth-order valence-electron chi connectivity index (χ4n) is 2.14. The van der Waals surface area contributed by atoms with E-state index in [1.807, 2.05) is 0 Å². The smallest absolute Gasteiger partial charge is 0.335 e. The summed E-state index contributed by atoms with van der Waals surface area (Å²) < 4.78 is 10.4. The first-order chi connectivity index (χ1) is 10.3. The molecule has 0 spiro atoms. The van der Waals surface area contributed by atoms with Crippen molar-refractivity contribution < 1.29 is 34.7 Å². The molecule has 1 aliphatic heterocycles. The zero-order valence-corrected chi connectivity index (χ0v) is 11.6. The number of aliphatic carboxylic acids is 1. The lowest BCUT2D eigenvalue weighted by atomic mass is 9.96. The maximum absolute atomic E-state index is 11.0. The molecule has 1 unspecified atom stereocenters. The van der Waals surface area contributed by atoms with Gasteiger partial charge < -0.3 is 35.6 Å². The minimum absolute atomic E-state index is 0.161. The van der Waals surface area contributed by atoms with Crippen LogP contribution in [0.3, 0.4) is 0 Å². The third-order valence-electron chi connectivity index (χ3n) is 3.42. The predicted molar refractivity (Wildman–Crippen MR) is 76.7 cm³/mol. The molecule has 1 saturated heterocycles. The van der Waals surface area contributed by atoms with E-state index in [1.54, 1.807) is 12.1 Å². The number of carboxylic acid groups (broad SMARTS) is 1. The van der Waals surface area contributed by atoms with Crippen LogP contribution in [-0.4, -0.2) is 64.9 Å². The normalized spacial score (nSPS) is 31.7. The van der Waals surface area contributed by atoms with Crippen LogP contribution >= 0.6 is 0 Å². The van der Waals surface area contributed by atoms with Gasteiger partial charge in [0.2, 0.25) is 6.29 Å². The Labute approximate surface area is 127 Å². The first-order valence-electron chi connectivity index (χ1n) is 6.62. The van der Waals surface area contributed by atoms with Gasteiger partial charge in [-0.25, -0.2) is 4.79 Å². The standard InChI is InChI=1S/C13H17BNO7/c14-4-5-1-2-7(6(15)3-5)21-13-10(18)8(16)9(17)11(22-13)12(19)20/h1-3,8-11,13-14,16-18H,4,15H2,(H,19,20)/t8-,9-,10+,11-,13?/m0/s1. The Morgan fingerprint density at radius 1 is 1.27 bits per heavy atom. The van der Waals surface area contributed by atoms with E-state index >= 15 is 0 Å². The van der Waals surface area contributed by atoms with Crippen molar-refractivity contribution in [2.75, 3.05) is 5.73 Å². The second-order valence-corrected chi connectivity index (χ2v) is 4.98. The predicted octanol–water partition coefficient (Wildman–Crippen LogP) is -2.06. The SMILES string of the molecule is [BH]Cc1ccc(OC2O[C@H](C(=O)O)[C@@H](O)[C@H](O)[C@H]2O)c(N)c1. The molecule has 119 valence electrons. The molecule has 1 aromatic carbocycles. The maximum atomic E-state index is 11.0. The zero-order chi connectivity index (χ0) is 16.4. The van der Waals surface area contributed by atoms with E-state index in [4.69, 9.17) is 20.3 Å². The lowest BCUT2D eigenvalue weighted by molar-refractivity contribution is -0.271. The number of rotatable bonds is 4. The second-order valence-electron chi connectivity index (χ2n) is 4.98. The fourth-order valence-corrected chi connectivity index (χ4v) is 2.14. The Balaban J connectivity index is 2.19. The quantitative estimate of drug-likeness (QED) is 0.316. The number of anilines is 1. The fraction of sp³-hybridized carbons (Fsp3) is 0.462. The Morgan fingerprint density at radius 2 is 1.95 bits per heavy atom. The monoisotopic (exact) mass is 310 g/mol. The molecule has 5 atom stereocenters. The number of hydrogen-bond acceptors (Lipinski definition) is 7. The van der Waals surface area contributed by atoms with Crippen LogP contribution in [0.5, 0.6) is 5.75 Å². The molecule has 1 heterocycles. The molecule has 8 nitrogen and oxygen atoms in total. The van der Waals surface area contributed by atoms with Gasteiger partial charge in [0.25, 0.3) is 0 Å². The van der Waals surface area contributed by atoms with Gasteiger partial charge in [0, 0.05) is 0 Å². The summed E-state index contributed by atoms with van der Waals surface area (Å²) in [6.07, 6.45) is -7.79. The molecular formula is C13H17BNO7. The molecule has 0 amide bonds. The van der Waals surface area contributed by atoms with Crippen molar-refractivity contribution in [1.29, 1.82) is 0 Å². The van der Waals surface area contributed by atoms with Gasteiger partial charge in [-0.05, 0) is 12.1 Å². The molecule has 0 aliphatic carbocycles. The number of nitrogen functional groups attached to an aromatic ring is 1. The van der Waals surface area contributed by atoms with Gasteiger partial charge in [0.1, 0.15) is 24.1 Å². The number of benzene rings is 1. The summed E-state index contributed by atoms with van der Waals surface area (Å²) in [7, 11) is 3.71. The Morgan fingerprint density at radius 3 is 2.50 bits per heavy atom. The highest BCUT2D eigenvalue weighted by molar-refractivity contribution is 6.08. The van der Waals surface area contributed by atoms with Gasteiger partial charge in [-0.3, -0.25) is 0 Å². The summed E-state index contributed by atoms with van der Waals surface area (Å²) >= 11 is 0. The highest BCUT2D eigenvalue weighted by Crippen LogP contribution is 2.28. The summed E-state index contributed by atoms with van der Waals surface area (Å²) in [6.45, 7) is 0. The summed E-state index contributed by atoms with van der Waals surface area (Å²) in [6, 6.07) is 4.85. The van der Waals surface area contributed by atoms with E-state index in [1.165, 1.54) is 6.07 Å². The zero-order valence-electron chi connectivity index (χ0n) is 11.6.